The Bertz CT molecular complexity index is 451. The van der Waals surface area contributed by atoms with Gasteiger partial charge >= 0.3 is 0 Å². The van der Waals surface area contributed by atoms with Gasteiger partial charge in [-0.15, -0.1) is 12.4 Å². The number of methoxy groups -OCH3 is 1. The number of halogens is 1. The lowest BCUT2D eigenvalue weighted by Gasteiger charge is -2.02. The minimum absolute atomic E-state index is 0. The summed E-state index contributed by atoms with van der Waals surface area (Å²) in [6.45, 7) is 0. The highest BCUT2D eigenvalue weighted by Crippen LogP contribution is 2.31. The first-order chi connectivity index (χ1) is 6.24. The number of hydrogen-bond acceptors (Lipinski definition) is 2. The van der Waals surface area contributed by atoms with Gasteiger partial charge in [-0.05, 0) is 12.1 Å². The molecule has 0 unspecified atom stereocenters. The Hall–Kier alpha value is -1.35. The van der Waals surface area contributed by atoms with Crippen LogP contribution in [0.25, 0.3) is 10.9 Å². The highest BCUT2D eigenvalue weighted by atomic mass is 35.5. The average Bonchev–Trinajstić information content (AvgIpc) is 2.43. The lowest BCUT2D eigenvalue weighted by atomic mass is 10.2. The van der Waals surface area contributed by atoms with Crippen LogP contribution >= 0.6 is 12.4 Å². The zero-order valence-corrected chi connectivity index (χ0v) is 8.97. The van der Waals surface area contributed by atoms with Crippen LogP contribution < -0.4 is 10.5 Å². The largest absolute Gasteiger partial charge is 0.496 e. The van der Waals surface area contributed by atoms with Crippen molar-refractivity contribution in [2.75, 3.05) is 12.8 Å². The summed E-state index contributed by atoms with van der Waals surface area (Å²) in [7, 11) is 3.62. The zero-order valence-electron chi connectivity index (χ0n) is 8.15. The molecule has 0 aliphatic heterocycles. The molecule has 2 N–H and O–H groups in total. The van der Waals surface area contributed by atoms with Gasteiger partial charge in [0.2, 0.25) is 0 Å². The summed E-state index contributed by atoms with van der Waals surface area (Å²) in [6, 6.07) is 5.90. The van der Waals surface area contributed by atoms with Crippen LogP contribution in [0.4, 0.5) is 5.69 Å². The molecule has 0 radical (unpaired) electrons. The third-order valence-corrected chi connectivity index (χ3v) is 2.23. The van der Waals surface area contributed by atoms with Gasteiger partial charge in [0.1, 0.15) is 5.75 Å². The molecule has 0 saturated heterocycles. The second-order valence-electron chi connectivity index (χ2n) is 3.05. The molecule has 76 valence electrons. The molecule has 0 amide bonds. The normalized spacial score (nSPS) is 9.86. The molecule has 0 spiro atoms. The second-order valence-corrected chi connectivity index (χ2v) is 3.05. The maximum atomic E-state index is 5.85. The van der Waals surface area contributed by atoms with Crippen molar-refractivity contribution in [3.05, 3.63) is 24.4 Å². The van der Waals surface area contributed by atoms with E-state index in [4.69, 9.17) is 10.5 Å². The van der Waals surface area contributed by atoms with Crippen molar-refractivity contribution in [1.29, 1.82) is 0 Å². The fourth-order valence-electron chi connectivity index (χ4n) is 1.62. The van der Waals surface area contributed by atoms with Gasteiger partial charge in [-0.2, -0.15) is 0 Å². The van der Waals surface area contributed by atoms with Crippen LogP contribution in [0.5, 0.6) is 5.75 Å². The van der Waals surface area contributed by atoms with E-state index < -0.39 is 0 Å². The Morgan fingerprint density at radius 2 is 2.07 bits per heavy atom. The summed E-state index contributed by atoms with van der Waals surface area (Å²) in [5, 5.41) is 0.993. The van der Waals surface area contributed by atoms with Crippen molar-refractivity contribution >= 4 is 29.0 Å². The molecule has 0 aliphatic rings. The average molecular weight is 213 g/mol. The number of nitrogens with zero attached hydrogens (tertiary/aromatic N) is 1. The third-order valence-electron chi connectivity index (χ3n) is 2.23. The van der Waals surface area contributed by atoms with Gasteiger partial charge in [0.25, 0.3) is 0 Å². The van der Waals surface area contributed by atoms with Crippen LogP contribution in [0.15, 0.2) is 24.4 Å². The van der Waals surface area contributed by atoms with E-state index in [0.717, 1.165) is 22.3 Å². The molecule has 1 heterocycles. The lowest BCUT2D eigenvalue weighted by molar-refractivity contribution is 0.420. The predicted octanol–water partition coefficient (Wildman–Crippen LogP) is 2.19. The summed E-state index contributed by atoms with van der Waals surface area (Å²) >= 11 is 0. The van der Waals surface area contributed by atoms with E-state index in [1.807, 2.05) is 36.0 Å². The van der Waals surface area contributed by atoms with E-state index >= 15 is 0 Å². The number of ether oxygens (including phenoxy) is 1. The fourth-order valence-corrected chi connectivity index (χ4v) is 1.62. The minimum Gasteiger partial charge on any atom is -0.496 e. The first kappa shape index (κ1) is 10.7. The molecule has 14 heavy (non-hydrogen) atoms. The molecular weight excluding hydrogens is 200 g/mol. The smallest absolute Gasteiger partial charge is 0.130 e. The van der Waals surface area contributed by atoms with Crippen molar-refractivity contribution in [2.45, 2.75) is 0 Å². The van der Waals surface area contributed by atoms with E-state index in [0.29, 0.717) is 0 Å². The summed E-state index contributed by atoms with van der Waals surface area (Å²) in [5.41, 5.74) is 7.71. The molecule has 2 aromatic rings. The van der Waals surface area contributed by atoms with Gasteiger partial charge in [-0.3, -0.25) is 0 Å². The molecule has 3 nitrogen and oxygen atoms in total. The van der Waals surface area contributed by atoms with E-state index in [1.54, 1.807) is 7.11 Å². The Kier molecular flexibility index (Phi) is 2.91. The quantitative estimate of drug-likeness (QED) is 0.787. The Morgan fingerprint density at radius 3 is 2.71 bits per heavy atom. The zero-order chi connectivity index (χ0) is 9.42. The second kappa shape index (κ2) is 3.80. The summed E-state index contributed by atoms with van der Waals surface area (Å²) in [5.74, 6) is 0.829. The van der Waals surface area contributed by atoms with Crippen molar-refractivity contribution in [3.8, 4) is 5.75 Å². The number of hydrogen-bond donors (Lipinski definition) is 1. The molecule has 0 bridgehead atoms. The van der Waals surface area contributed by atoms with Crippen LogP contribution in [0.1, 0.15) is 0 Å². The van der Waals surface area contributed by atoms with Crippen LogP contribution in [0.3, 0.4) is 0 Å². The van der Waals surface area contributed by atoms with Crippen molar-refractivity contribution < 1.29 is 4.74 Å². The standard InChI is InChI=1S/C10H12N2O.ClH/c1-12-6-7(11)10-8(12)4-3-5-9(10)13-2;/h3-6H,11H2,1-2H3;1H. The van der Waals surface area contributed by atoms with Crippen LogP contribution in [0, 0.1) is 0 Å². The maximum Gasteiger partial charge on any atom is 0.130 e. The van der Waals surface area contributed by atoms with E-state index in [1.165, 1.54) is 0 Å². The van der Waals surface area contributed by atoms with Crippen molar-refractivity contribution in [2.24, 2.45) is 7.05 Å². The number of aromatic nitrogens is 1. The van der Waals surface area contributed by atoms with Gasteiger partial charge in [0.15, 0.2) is 0 Å². The van der Waals surface area contributed by atoms with Gasteiger partial charge < -0.3 is 15.0 Å². The van der Waals surface area contributed by atoms with E-state index in [9.17, 15) is 0 Å². The predicted molar refractivity (Wildman–Crippen MR) is 61.1 cm³/mol. The molecule has 4 heteroatoms. The van der Waals surface area contributed by atoms with Gasteiger partial charge in [0.05, 0.1) is 23.7 Å². The first-order valence-corrected chi connectivity index (χ1v) is 4.11. The molecular formula is C10H13ClN2O. The molecule has 0 atom stereocenters. The topological polar surface area (TPSA) is 40.2 Å². The number of fused-ring (bicyclic) bond motifs is 1. The van der Waals surface area contributed by atoms with Gasteiger partial charge in [-0.25, -0.2) is 0 Å². The summed E-state index contributed by atoms with van der Waals surface area (Å²) in [4.78, 5) is 0. The number of anilines is 1. The Morgan fingerprint density at radius 1 is 1.36 bits per heavy atom. The van der Waals surface area contributed by atoms with Gasteiger partial charge in [-0.1, -0.05) is 6.07 Å². The number of benzene rings is 1. The molecule has 2 rings (SSSR count). The van der Waals surface area contributed by atoms with Crippen LogP contribution in [-0.4, -0.2) is 11.7 Å². The number of aryl methyl sites for hydroxylation is 1. The Labute approximate surface area is 88.9 Å². The van der Waals surface area contributed by atoms with Crippen molar-refractivity contribution in [3.63, 3.8) is 0 Å². The minimum atomic E-state index is 0. The van der Waals surface area contributed by atoms with Gasteiger partial charge in [0, 0.05) is 13.2 Å². The van der Waals surface area contributed by atoms with E-state index in [-0.39, 0.29) is 12.4 Å². The summed E-state index contributed by atoms with van der Waals surface area (Å²) in [6.07, 6.45) is 1.90. The number of nitrogens with two attached hydrogens (primary N) is 1. The number of nitrogen functional groups attached to an aromatic ring is 1. The Balaban J connectivity index is 0.000000980. The molecule has 0 saturated carbocycles. The maximum absolute atomic E-state index is 5.85. The molecule has 1 aromatic heterocycles. The SMILES string of the molecule is COc1cccc2c1c(N)cn2C.Cl. The van der Waals surface area contributed by atoms with E-state index in [2.05, 4.69) is 0 Å². The highest BCUT2D eigenvalue weighted by molar-refractivity contribution is 5.96. The first-order valence-electron chi connectivity index (χ1n) is 4.11. The monoisotopic (exact) mass is 212 g/mol. The van der Waals surface area contributed by atoms with Crippen molar-refractivity contribution in [1.82, 2.24) is 4.57 Å². The molecule has 1 aromatic carbocycles. The van der Waals surface area contributed by atoms with Crippen LogP contribution in [-0.2, 0) is 7.05 Å². The molecule has 0 aliphatic carbocycles. The number of rotatable bonds is 1. The van der Waals surface area contributed by atoms with Crippen LogP contribution in [0.2, 0.25) is 0 Å². The fraction of sp³-hybridized carbons (Fsp3) is 0.200. The lowest BCUT2D eigenvalue weighted by Crippen LogP contribution is -1.87. The third kappa shape index (κ3) is 1.40. The molecule has 0 fully saturated rings. The summed E-state index contributed by atoms with van der Waals surface area (Å²) < 4.78 is 7.22. The highest BCUT2D eigenvalue weighted by Gasteiger charge is 2.07.